The molecule has 3 rings (SSSR count). The van der Waals surface area contributed by atoms with Crippen molar-refractivity contribution < 1.29 is 9.53 Å². The first kappa shape index (κ1) is 18.5. The molecule has 0 saturated carbocycles. The molecule has 0 fully saturated rings. The average molecular weight is 357 g/mol. The normalized spacial score (nSPS) is 12.3. The molecule has 0 aliphatic rings. The zero-order chi connectivity index (χ0) is 19.1. The third-order valence-corrected chi connectivity index (χ3v) is 4.39. The van der Waals surface area contributed by atoms with Gasteiger partial charge in [0.05, 0.1) is 13.2 Å². The van der Waals surface area contributed by atoms with Gasteiger partial charge in [0.25, 0.3) is 5.91 Å². The SMILES string of the molecule is COc1ccccc1[C@@H](C)NC(=O)/C(=C/c1ccccc1)c1ccccc1. The van der Waals surface area contributed by atoms with Crippen molar-refractivity contribution in [3.8, 4) is 5.75 Å². The fraction of sp³-hybridized carbons (Fsp3) is 0.125. The van der Waals surface area contributed by atoms with Gasteiger partial charge >= 0.3 is 0 Å². The number of carbonyl (C=O) groups excluding carboxylic acids is 1. The van der Waals surface area contributed by atoms with Gasteiger partial charge in [0.2, 0.25) is 0 Å². The molecular formula is C24H23NO2. The van der Waals surface area contributed by atoms with Crippen LogP contribution >= 0.6 is 0 Å². The lowest BCUT2D eigenvalue weighted by atomic mass is 10.0. The van der Waals surface area contributed by atoms with Crippen molar-refractivity contribution in [3.63, 3.8) is 0 Å². The van der Waals surface area contributed by atoms with Crippen molar-refractivity contribution in [2.45, 2.75) is 13.0 Å². The van der Waals surface area contributed by atoms with Crippen LogP contribution in [0.4, 0.5) is 0 Å². The lowest BCUT2D eigenvalue weighted by molar-refractivity contribution is -0.116. The minimum absolute atomic E-state index is 0.122. The lowest BCUT2D eigenvalue weighted by Gasteiger charge is -2.18. The van der Waals surface area contributed by atoms with E-state index in [0.29, 0.717) is 5.57 Å². The van der Waals surface area contributed by atoms with E-state index in [1.807, 2.05) is 97.9 Å². The molecule has 0 bridgehead atoms. The Morgan fingerprint density at radius 2 is 1.48 bits per heavy atom. The zero-order valence-electron chi connectivity index (χ0n) is 15.6. The second-order valence-corrected chi connectivity index (χ2v) is 6.27. The van der Waals surface area contributed by atoms with Gasteiger partial charge in [-0.25, -0.2) is 0 Å². The summed E-state index contributed by atoms with van der Waals surface area (Å²) in [5.74, 6) is 0.641. The highest BCUT2D eigenvalue weighted by molar-refractivity contribution is 6.24. The van der Waals surface area contributed by atoms with E-state index in [0.717, 1.165) is 22.4 Å². The molecule has 3 aromatic carbocycles. The number of benzene rings is 3. The predicted molar refractivity (Wildman–Crippen MR) is 110 cm³/mol. The quantitative estimate of drug-likeness (QED) is 0.491. The molecule has 0 aliphatic heterocycles. The van der Waals surface area contributed by atoms with E-state index >= 15 is 0 Å². The minimum Gasteiger partial charge on any atom is -0.496 e. The van der Waals surface area contributed by atoms with Crippen molar-refractivity contribution in [3.05, 3.63) is 102 Å². The van der Waals surface area contributed by atoms with Crippen LogP contribution in [0.1, 0.15) is 29.7 Å². The highest BCUT2D eigenvalue weighted by atomic mass is 16.5. The maximum absolute atomic E-state index is 13.1. The molecule has 136 valence electrons. The Morgan fingerprint density at radius 3 is 2.15 bits per heavy atom. The number of ether oxygens (including phenoxy) is 1. The van der Waals surface area contributed by atoms with E-state index in [-0.39, 0.29) is 11.9 Å². The first-order valence-electron chi connectivity index (χ1n) is 8.95. The molecule has 1 amide bonds. The summed E-state index contributed by atoms with van der Waals surface area (Å²) < 4.78 is 5.42. The van der Waals surface area contributed by atoms with Crippen LogP contribution in [0.2, 0.25) is 0 Å². The number of methoxy groups -OCH3 is 1. The van der Waals surface area contributed by atoms with Crippen LogP contribution in [0.25, 0.3) is 11.6 Å². The van der Waals surface area contributed by atoms with Crippen LogP contribution < -0.4 is 10.1 Å². The van der Waals surface area contributed by atoms with E-state index in [4.69, 9.17) is 4.74 Å². The van der Waals surface area contributed by atoms with Crippen molar-refractivity contribution in [2.75, 3.05) is 7.11 Å². The number of hydrogen-bond acceptors (Lipinski definition) is 2. The van der Waals surface area contributed by atoms with E-state index in [2.05, 4.69) is 5.32 Å². The molecule has 3 aromatic rings. The molecule has 0 unspecified atom stereocenters. The summed E-state index contributed by atoms with van der Waals surface area (Å²) in [5, 5.41) is 3.10. The Bertz CT molecular complexity index is 917. The van der Waals surface area contributed by atoms with Gasteiger partial charge < -0.3 is 10.1 Å². The molecule has 1 atom stereocenters. The summed E-state index contributed by atoms with van der Waals surface area (Å²) in [5.41, 5.74) is 3.44. The maximum atomic E-state index is 13.1. The Balaban J connectivity index is 1.91. The summed E-state index contributed by atoms with van der Waals surface area (Å²) in [6.07, 6.45) is 1.92. The summed E-state index contributed by atoms with van der Waals surface area (Å²) in [6.45, 7) is 1.96. The Kier molecular flexibility index (Phi) is 6.06. The first-order chi connectivity index (χ1) is 13.2. The van der Waals surface area contributed by atoms with E-state index in [9.17, 15) is 4.79 Å². The molecule has 27 heavy (non-hydrogen) atoms. The molecule has 0 spiro atoms. The van der Waals surface area contributed by atoms with Crippen LogP contribution in [0.3, 0.4) is 0 Å². The fourth-order valence-corrected chi connectivity index (χ4v) is 2.99. The van der Waals surface area contributed by atoms with Crippen LogP contribution in [0.5, 0.6) is 5.75 Å². The van der Waals surface area contributed by atoms with Gasteiger partial charge in [0.15, 0.2) is 0 Å². The van der Waals surface area contributed by atoms with Gasteiger partial charge in [0, 0.05) is 11.1 Å². The lowest BCUT2D eigenvalue weighted by Crippen LogP contribution is -2.27. The van der Waals surface area contributed by atoms with E-state index in [1.54, 1.807) is 7.11 Å². The number of nitrogens with one attached hydrogen (secondary N) is 1. The minimum atomic E-state index is -0.184. The maximum Gasteiger partial charge on any atom is 0.252 e. The third kappa shape index (κ3) is 4.64. The van der Waals surface area contributed by atoms with E-state index < -0.39 is 0 Å². The first-order valence-corrected chi connectivity index (χ1v) is 8.95. The van der Waals surface area contributed by atoms with Gasteiger partial charge in [-0.3, -0.25) is 4.79 Å². The van der Waals surface area contributed by atoms with Crippen molar-refractivity contribution in [2.24, 2.45) is 0 Å². The largest absolute Gasteiger partial charge is 0.496 e. The van der Waals surface area contributed by atoms with Gasteiger partial charge in [-0.1, -0.05) is 78.9 Å². The van der Waals surface area contributed by atoms with Gasteiger partial charge in [-0.15, -0.1) is 0 Å². The van der Waals surface area contributed by atoms with Gasteiger partial charge in [-0.05, 0) is 30.2 Å². The standard InChI is InChI=1S/C24H23NO2/c1-18(21-15-9-10-16-23(21)27-2)25-24(26)22(20-13-7-4-8-14-20)17-19-11-5-3-6-12-19/h3-18H,1-2H3,(H,25,26)/b22-17+/t18-/m1/s1. The topological polar surface area (TPSA) is 38.3 Å². The number of hydrogen-bond donors (Lipinski definition) is 1. The number of rotatable bonds is 6. The second kappa shape index (κ2) is 8.86. The third-order valence-electron chi connectivity index (χ3n) is 4.39. The molecule has 0 saturated heterocycles. The Labute approximate surface area is 160 Å². The molecule has 1 N–H and O–H groups in total. The van der Waals surface area contributed by atoms with Gasteiger partial charge in [0.1, 0.15) is 5.75 Å². The molecule has 0 aromatic heterocycles. The van der Waals surface area contributed by atoms with Crippen LogP contribution in [0, 0.1) is 0 Å². The highest BCUT2D eigenvalue weighted by Crippen LogP contribution is 2.26. The predicted octanol–water partition coefficient (Wildman–Crippen LogP) is 5.11. The molecule has 3 nitrogen and oxygen atoms in total. The molecule has 3 heteroatoms. The summed E-state index contributed by atoms with van der Waals surface area (Å²) >= 11 is 0. The van der Waals surface area contributed by atoms with Crippen molar-refractivity contribution >= 4 is 17.6 Å². The Hall–Kier alpha value is -3.33. The average Bonchev–Trinajstić information content (AvgIpc) is 2.73. The highest BCUT2D eigenvalue weighted by Gasteiger charge is 2.17. The fourth-order valence-electron chi connectivity index (χ4n) is 2.99. The van der Waals surface area contributed by atoms with Crippen LogP contribution in [0.15, 0.2) is 84.9 Å². The molecular weight excluding hydrogens is 334 g/mol. The molecule has 0 aliphatic carbocycles. The summed E-state index contributed by atoms with van der Waals surface area (Å²) in [4.78, 5) is 13.1. The van der Waals surface area contributed by atoms with Crippen LogP contribution in [-0.4, -0.2) is 13.0 Å². The van der Waals surface area contributed by atoms with Gasteiger partial charge in [-0.2, -0.15) is 0 Å². The Morgan fingerprint density at radius 1 is 0.889 bits per heavy atom. The monoisotopic (exact) mass is 357 g/mol. The van der Waals surface area contributed by atoms with E-state index in [1.165, 1.54) is 0 Å². The summed E-state index contributed by atoms with van der Waals surface area (Å²) in [6, 6.07) is 27.1. The van der Waals surface area contributed by atoms with Crippen LogP contribution in [-0.2, 0) is 4.79 Å². The van der Waals surface area contributed by atoms with Crippen molar-refractivity contribution in [1.82, 2.24) is 5.32 Å². The number of para-hydroxylation sites is 1. The number of amides is 1. The zero-order valence-corrected chi connectivity index (χ0v) is 15.6. The second-order valence-electron chi connectivity index (χ2n) is 6.27. The summed E-state index contributed by atoms with van der Waals surface area (Å²) in [7, 11) is 1.64. The molecule has 0 heterocycles. The van der Waals surface area contributed by atoms with Crippen molar-refractivity contribution in [1.29, 1.82) is 0 Å². The number of carbonyl (C=O) groups is 1. The smallest absolute Gasteiger partial charge is 0.252 e. The molecule has 0 radical (unpaired) electrons.